The van der Waals surface area contributed by atoms with E-state index in [9.17, 15) is 0 Å². The van der Waals surface area contributed by atoms with Crippen LogP contribution >= 0.6 is 0 Å². The van der Waals surface area contributed by atoms with Crippen molar-refractivity contribution in [2.24, 2.45) is 0 Å². The highest BCUT2D eigenvalue weighted by Gasteiger charge is 2.40. The van der Waals surface area contributed by atoms with Crippen molar-refractivity contribution in [2.45, 2.75) is 56.9 Å². The summed E-state index contributed by atoms with van der Waals surface area (Å²) < 4.78 is 5.54. The Labute approximate surface area is 123 Å². The summed E-state index contributed by atoms with van der Waals surface area (Å²) in [6.07, 6.45) is 7.78. The lowest BCUT2D eigenvalue weighted by atomic mass is 9.65. The van der Waals surface area contributed by atoms with Crippen molar-refractivity contribution in [2.75, 3.05) is 20.3 Å². The van der Waals surface area contributed by atoms with E-state index in [2.05, 4.69) is 42.6 Å². The van der Waals surface area contributed by atoms with Gasteiger partial charge in [-0.3, -0.25) is 0 Å². The molecule has 112 valence electrons. The first-order chi connectivity index (χ1) is 9.83. The van der Waals surface area contributed by atoms with E-state index in [-0.39, 0.29) is 5.41 Å². The van der Waals surface area contributed by atoms with E-state index in [4.69, 9.17) is 4.74 Å². The molecule has 0 bridgehead atoms. The molecule has 1 aliphatic rings. The lowest BCUT2D eigenvalue weighted by Crippen LogP contribution is -2.52. The fraction of sp³-hybridized carbons (Fsp3) is 0.667. The zero-order valence-electron chi connectivity index (χ0n) is 13.0. The molecule has 1 aromatic carbocycles. The minimum atomic E-state index is 0.255. The average Bonchev–Trinajstić information content (AvgIpc) is 2.53. The number of methoxy groups -OCH3 is 1. The quantitative estimate of drug-likeness (QED) is 0.815. The Morgan fingerprint density at radius 1 is 1.15 bits per heavy atom. The molecule has 1 N–H and O–H groups in total. The van der Waals surface area contributed by atoms with Crippen molar-refractivity contribution in [3.05, 3.63) is 35.9 Å². The van der Waals surface area contributed by atoms with Gasteiger partial charge in [0.25, 0.3) is 0 Å². The van der Waals surface area contributed by atoms with Crippen molar-refractivity contribution in [3.8, 4) is 0 Å². The molecule has 1 unspecified atom stereocenters. The Kier molecular flexibility index (Phi) is 6.06. The molecule has 1 atom stereocenters. The Hall–Kier alpha value is -0.860. The maximum Gasteiger partial charge on any atom is 0.0624 e. The van der Waals surface area contributed by atoms with Crippen LogP contribution in [0, 0.1) is 0 Å². The van der Waals surface area contributed by atoms with Crippen LogP contribution in [0.5, 0.6) is 0 Å². The van der Waals surface area contributed by atoms with Gasteiger partial charge >= 0.3 is 0 Å². The second kappa shape index (κ2) is 7.80. The number of nitrogens with one attached hydrogen (secondary N) is 1. The molecule has 1 aromatic rings. The second-order valence-corrected chi connectivity index (χ2v) is 6.04. The van der Waals surface area contributed by atoms with E-state index < -0.39 is 0 Å². The first kappa shape index (κ1) is 15.5. The van der Waals surface area contributed by atoms with Crippen LogP contribution in [-0.2, 0) is 10.2 Å². The molecular weight excluding hydrogens is 246 g/mol. The van der Waals surface area contributed by atoms with Crippen LogP contribution < -0.4 is 5.32 Å². The monoisotopic (exact) mass is 275 g/mol. The molecule has 2 rings (SSSR count). The molecule has 20 heavy (non-hydrogen) atoms. The Morgan fingerprint density at radius 2 is 1.85 bits per heavy atom. The fourth-order valence-electron chi connectivity index (χ4n) is 3.69. The van der Waals surface area contributed by atoms with Gasteiger partial charge < -0.3 is 10.1 Å². The van der Waals surface area contributed by atoms with E-state index in [1.54, 1.807) is 0 Å². The predicted molar refractivity (Wildman–Crippen MR) is 85.2 cm³/mol. The van der Waals surface area contributed by atoms with Crippen molar-refractivity contribution in [1.82, 2.24) is 5.32 Å². The smallest absolute Gasteiger partial charge is 0.0624 e. The number of hydrogen-bond acceptors (Lipinski definition) is 2. The zero-order valence-corrected chi connectivity index (χ0v) is 13.0. The standard InChI is InChI=1S/C18H29NO/c1-3-14-19-17(15-20-2)18(12-8-5-9-13-18)16-10-6-4-7-11-16/h4,6-7,10-11,17,19H,3,5,8-9,12-15H2,1-2H3. The van der Waals surface area contributed by atoms with Gasteiger partial charge in [-0.15, -0.1) is 0 Å². The third kappa shape index (κ3) is 3.42. The molecule has 0 saturated heterocycles. The molecule has 2 nitrogen and oxygen atoms in total. The highest BCUT2D eigenvalue weighted by molar-refractivity contribution is 5.28. The number of hydrogen-bond donors (Lipinski definition) is 1. The van der Waals surface area contributed by atoms with Crippen LogP contribution in [0.15, 0.2) is 30.3 Å². The van der Waals surface area contributed by atoms with E-state index in [0.717, 1.165) is 13.2 Å². The Morgan fingerprint density at radius 3 is 2.45 bits per heavy atom. The summed E-state index contributed by atoms with van der Waals surface area (Å²) in [5.74, 6) is 0. The van der Waals surface area contributed by atoms with Crippen LogP contribution in [-0.4, -0.2) is 26.3 Å². The Bertz CT molecular complexity index is 370. The van der Waals surface area contributed by atoms with Crippen molar-refractivity contribution < 1.29 is 4.74 Å². The van der Waals surface area contributed by atoms with Gasteiger partial charge in [0.1, 0.15) is 0 Å². The van der Waals surface area contributed by atoms with Crippen LogP contribution in [0.4, 0.5) is 0 Å². The molecule has 0 heterocycles. The largest absolute Gasteiger partial charge is 0.383 e. The molecule has 1 aliphatic carbocycles. The highest BCUT2D eigenvalue weighted by atomic mass is 16.5. The molecule has 0 spiro atoms. The van der Waals surface area contributed by atoms with E-state index >= 15 is 0 Å². The van der Waals surface area contributed by atoms with Crippen LogP contribution in [0.25, 0.3) is 0 Å². The van der Waals surface area contributed by atoms with E-state index in [0.29, 0.717) is 6.04 Å². The number of ether oxygens (including phenoxy) is 1. The van der Waals surface area contributed by atoms with Gasteiger partial charge in [-0.25, -0.2) is 0 Å². The summed E-state index contributed by atoms with van der Waals surface area (Å²) in [7, 11) is 1.82. The van der Waals surface area contributed by atoms with Crippen molar-refractivity contribution in [1.29, 1.82) is 0 Å². The molecule has 0 aromatic heterocycles. The Balaban J connectivity index is 2.28. The molecular formula is C18H29NO. The SMILES string of the molecule is CCCNC(COC)C1(c2ccccc2)CCCCC1. The van der Waals surface area contributed by atoms with Gasteiger partial charge in [0.15, 0.2) is 0 Å². The van der Waals surface area contributed by atoms with Gasteiger partial charge in [0.05, 0.1) is 6.61 Å². The first-order valence-electron chi connectivity index (χ1n) is 8.11. The second-order valence-electron chi connectivity index (χ2n) is 6.04. The summed E-state index contributed by atoms with van der Waals surface area (Å²) in [5.41, 5.74) is 1.75. The van der Waals surface area contributed by atoms with Gasteiger partial charge in [-0.2, -0.15) is 0 Å². The molecule has 1 fully saturated rings. The average molecular weight is 275 g/mol. The van der Waals surface area contributed by atoms with E-state index in [1.165, 1.54) is 44.1 Å². The molecule has 0 amide bonds. The molecule has 2 heteroatoms. The van der Waals surface area contributed by atoms with Gasteiger partial charge in [-0.05, 0) is 31.4 Å². The summed E-state index contributed by atoms with van der Waals surface area (Å²) in [4.78, 5) is 0. The molecule has 0 radical (unpaired) electrons. The highest BCUT2D eigenvalue weighted by Crippen LogP contribution is 2.42. The lowest BCUT2D eigenvalue weighted by Gasteiger charge is -2.44. The fourth-order valence-corrected chi connectivity index (χ4v) is 3.69. The van der Waals surface area contributed by atoms with E-state index in [1.807, 2.05) is 7.11 Å². The molecule has 1 saturated carbocycles. The topological polar surface area (TPSA) is 21.3 Å². The normalized spacial score (nSPS) is 19.7. The third-order valence-electron chi connectivity index (χ3n) is 4.74. The maximum absolute atomic E-state index is 5.54. The summed E-state index contributed by atoms with van der Waals surface area (Å²) in [6.45, 7) is 4.10. The predicted octanol–water partition coefficient (Wildman–Crippen LogP) is 3.90. The first-order valence-corrected chi connectivity index (χ1v) is 8.11. The van der Waals surface area contributed by atoms with Crippen molar-refractivity contribution in [3.63, 3.8) is 0 Å². The van der Waals surface area contributed by atoms with Crippen LogP contribution in [0.3, 0.4) is 0 Å². The van der Waals surface area contributed by atoms with Crippen LogP contribution in [0.2, 0.25) is 0 Å². The summed E-state index contributed by atoms with van der Waals surface area (Å²) >= 11 is 0. The minimum Gasteiger partial charge on any atom is -0.383 e. The zero-order chi connectivity index (χ0) is 14.3. The number of rotatable bonds is 7. The summed E-state index contributed by atoms with van der Waals surface area (Å²) in [6, 6.07) is 11.5. The van der Waals surface area contributed by atoms with Gasteiger partial charge in [0.2, 0.25) is 0 Å². The molecule has 0 aliphatic heterocycles. The van der Waals surface area contributed by atoms with Crippen molar-refractivity contribution >= 4 is 0 Å². The summed E-state index contributed by atoms with van der Waals surface area (Å²) in [5, 5.41) is 3.75. The third-order valence-corrected chi connectivity index (χ3v) is 4.74. The van der Waals surface area contributed by atoms with Gasteiger partial charge in [0, 0.05) is 18.6 Å². The lowest BCUT2D eigenvalue weighted by molar-refractivity contribution is 0.104. The minimum absolute atomic E-state index is 0.255. The van der Waals surface area contributed by atoms with Gasteiger partial charge in [-0.1, -0.05) is 56.5 Å². The van der Waals surface area contributed by atoms with Crippen LogP contribution in [0.1, 0.15) is 51.0 Å². The number of benzene rings is 1. The maximum atomic E-state index is 5.54.